The Morgan fingerprint density at radius 3 is 2.79 bits per heavy atom. The standard InChI is InChI=1S/C10H15NO2S/c1-10(2,3)7-13-9(12)11-8-4-5-14-6-8/h4-6H,7H2,1-3H3,(H,11,12). The van der Waals surface area contributed by atoms with Gasteiger partial charge < -0.3 is 4.74 Å². The van der Waals surface area contributed by atoms with Crippen LogP contribution in [0.5, 0.6) is 0 Å². The fourth-order valence-electron chi connectivity index (χ4n) is 0.772. The Balaban J connectivity index is 2.30. The molecule has 0 aliphatic rings. The molecule has 0 bridgehead atoms. The number of amides is 1. The zero-order valence-electron chi connectivity index (χ0n) is 8.66. The second kappa shape index (κ2) is 4.46. The molecule has 0 spiro atoms. The van der Waals surface area contributed by atoms with Gasteiger partial charge in [-0.05, 0) is 16.9 Å². The van der Waals surface area contributed by atoms with Crippen LogP contribution in [0.2, 0.25) is 0 Å². The van der Waals surface area contributed by atoms with E-state index < -0.39 is 6.09 Å². The van der Waals surface area contributed by atoms with Gasteiger partial charge in [-0.3, -0.25) is 5.32 Å². The Labute approximate surface area is 88.1 Å². The molecule has 0 aromatic carbocycles. The summed E-state index contributed by atoms with van der Waals surface area (Å²) >= 11 is 1.53. The monoisotopic (exact) mass is 213 g/mol. The largest absolute Gasteiger partial charge is 0.449 e. The smallest absolute Gasteiger partial charge is 0.411 e. The van der Waals surface area contributed by atoms with Crippen molar-refractivity contribution in [3.05, 3.63) is 16.8 Å². The number of carbonyl (C=O) groups is 1. The molecule has 1 heterocycles. The lowest BCUT2D eigenvalue weighted by Crippen LogP contribution is -2.21. The van der Waals surface area contributed by atoms with Crippen molar-refractivity contribution in [3.8, 4) is 0 Å². The van der Waals surface area contributed by atoms with Gasteiger partial charge in [-0.25, -0.2) is 4.79 Å². The number of rotatable bonds is 2. The van der Waals surface area contributed by atoms with Crippen molar-refractivity contribution < 1.29 is 9.53 Å². The van der Waals surface area contributed by atoms with Crippen LogP contribution in [0.25, 0.3) is 0 Å². The number of carbonyl (C=O) groups excluding carboxylic acids is 1. The molecule has 1 aromatic heterocycles. The number of anilines is 1. The lowest BCUT2D eigenvalue weighted by molar-refractivity contribution is 0.118. The molecule has 0 unspecified atom stereocenters. The lowest BCUT2D eigenvalue weighted by Gasteiger charge is -2.17. The van der Waals surface area contributed by atoms with Crippen LogP contribution in [0.1, 0.15) is 20.8 Å². The summed E-state index contributed by atoms with van der Waals surface area (Å²) in [5, 5.41) is 6.41. The number of hydrogen-bond acceptors (Lipinski definition) is 3. The third-order valence-electron chi connectivity index (χ3n) is 1.40. The highest BCUT2D eigenvalue weighted by atomic mass is 32.1. The summed E-state index contributed by atoms with van der Waals surface area (Å²) in [7, 11) is 0. The summed E-state index contributed by atoms with van der Waals surface area (Å²) < 4.78 is 5.03. The van der Waals surface area contributed by atoms with E-state index >= 15 is 0 Å². The Morgan fingerprint density at radius 2 is 2.29 bits per heavy atom. The minimum Gasteiger partial charge on any atom is -0.449 e. The van der Waals surface area contributed by atoms with Gasteiger partial charge in [-0.15, -0.1) is 0 Å². The number of thiophene rings is 1. The molecule has 3 nitrogen and oxygen atoms in total. The number of nitrogens with one attached hydrogen (secondary N) is 1. The summed E-state index contributed by atoms with van der Waals surface area (Å²) in [4.78, 5) is 11.2. The van der Waals surface area contributed by atoms with Crippen LogP contribution in [0, 0.1) is 5.41 Å². The van der Waals surface area contributed by atoms with Gasteiger partial charge in [0.05, 0.1) is 12.3 Å². The molecule has 0 aliphatic heterocycles. The third-order valence-corrected chi connectivity index (χ3v) is 2.09. The molecular weight excluding hydrogens is 198 g/mol. The van der Waals surface area contributed by atoms with Crippen LogP contribution < -0.4 is 5.32 Å². The van der Waals surface area contributed by atoms with Gasteiger partial charge in [-0.1, -0.05) is 20.8 Å². The maximum atomic E-state index is 11.2. The van der Waals surface area contributed by atoms with Crippen LogP contribution >= 0.6 is 11.3 Å². The molecule has 0 fully saturated rings. The van der Waals surface area contributed by atoms with Crippen molar-refractivity contribution in [1.82, 2.24) is 0 Å². The van der Waals surface area contributed by atoms with E-state index in [1.54, 1.807) is 0 Å². The Kier molecular flexibility index (Phi) is 3.52. The number of hydrogen-bond donors (Lipinski definition) is 1. The summed E-state index contributed by atoms with van der Waals surface area (Å²) in [6.07, 6.45) is -0.390. The Bertz CT molecular complexity index is 288. The van der Waals surface area contributed by atoms with Gasteiger partial charge in [-0.2, -0.15) is 11.3 Å². The highest BCUT2D eigenvalue weighted by Gasteiger charge is 2.13. The van der Waals surface area contributed by atoms with E-state index in [9.17, 15) is 4.79 Å². The van der Waals surface area contributed by atoms with Gasteiger partial charge in [0.25, 0.3) is 0 Å². The van der Waals surface area contributed by atoms with E-state index in [1.165, 1.54) is 11.3 Å². The SMILES string of the molecule is CC(C)(C)COC(=O)Nc1ccsc1. The fourth-order valence-corrected chi connectivity index (χ4v) is 1.36. The predicted octanol–water partition coefficient (Wildman–Crippen LogP) is 3.34. The van der Waals surface area contributed by atoms with Crippen LogP contribution in [0.3, 0.4) is 0 Å². The van der Waals surface area contributed by atoms with Crippen molar-refractivity contribution >= 4 is 23.1 Å². The molecule has 0 saturated heterocycles. The Hall–Kier alpha value is -1.03. The third kappa shape index (κ3) is 4.28. The second-order valence-electron chi connectivity index (χ2n) is 4.27. The van der Waals surface area contributed by atoms with Crippen molar-refractivity contribution in [3.63, 3.8) is 0 Å². The summed E-state index contributed by atoms with van der Waals surface area (Å²) in [5.74, 6) is 0. The minimum atomic E-state index is -0.390. The topological polar surface area (TPSA) is 38.3 Å². The van der Waals surface area contributed by atoms with Gasteiger partial charge in [0, 0.05) is 5.38 Å². The maximum absolute atomic E-state index is 11.2. The first-order chi connectivity index (χ1) is 6.47. The quantitative estimate of drug-likeness (QED) is 0.818. The summed E-state index contributed by atoms with van der Waals surface area (Å²) in [6.45, 7) is 6.48. The van der Waals surface area contributed by atoms with Crippen LogP contribution in [0.4, 0.5) is 10.5 Å². The van der Waals surface area contributed by atoms with Crippen molar-refractivity contribution in [2.24, 2.45) is 5.41 Å². The zero-order valence-corrected chi connectivity index (χ0v) is 9.48. The van der Waals surface area contributed by atoms with Crippen LogP contribution in [-0.2, 0) is 4.74 Å². The Morgan fingerprint density at radius 1 is 1.57 bits per heavy atom. The molecular formula is C10H15NO2S. The molecule has 1 N–H and O–H groups in total. The van der Waals surface area contributed by atoms with Gasteiger partial charge in [0.1, 0.15) is 0 Å². The second-order valence-corrected chi connectivity index (χ2v) is 5.05. The van der Waals surface area contributed by atoms with Crippen molar-refractivity contribution in [2.75, 3.05) is 11.9 Å². The van der Waals surface area contributed by atoms with E-state index in [2.05, 4.69) is 5.32 Å². The maximum Gasteiger partial charge on any atom is 0.411 e. The molecule has 1 rings (SSSR count). The first-order valence-electron chi connectivity index (χ1n) is 4.43. The normalized spacial score (nSPS) is 11.1. The molecule has 1 amide bonds. The van der Waals surface area contributed by atoms with Gasteiger partial charge in [0.15, 0.2) is 0 Å². The molecule has 1 aromatic rings. The first kappa shape index (κ1) is 11.0. The average molecular weight is 213 g/mol. The van der Waals surface area contributed by atoms with Crippen LogP contribution in [-0.4, -0.2) is 12.7 Å². The van der Waals surface area contributed by atoms with E-state index in [-0.39, 0.29) is 5.41 Å². The van der Waals surface area contributed by atoms with E-state index in [0.717, 1.165) is 5.69 Å². The first-order valence-corrected chi connectivity index (χ1v) is 5.38. The predicted molar refractivity (Wildman–Crippen MR) is 58.7 cm³/mol. The average Bonchev–Trinajstić information content (AvgIpc) is 2.52. The molecule has 4 heteroatoms. The fraction of sp³-hybridized carbons (Fsp3) is 0.500. The minimum absolute atomic E-state index is 0.00594. The highest BCUT2D eigenvalue weighted by molar-refractivity contribution is 7.08. The molecule has 14 heavy (non-hydrogen) atoms. The number of ether oxygens (including phenoxy) is 1. The van der Waals surface area contributed by atoms with Crippen molar-refractivity contribution in [2.45, 2.75) is 20.8 Å². The summed E-state index contributed by atoms with van der Waals surface area (Å²) in [5.41, 5.74) is 0.792. The van der Waals surface area contributed by atoms with Crippen molar-refractivity contribution in [1.29, 1.82) is 0 Å². The van der Waals surface area contributed by atoms with E-state index in [0.29, 0.717) is 6.61 Å². The zero-order chi connectivity index (χ0) is 10.6. The molecule has 0 radical (unpaired) electrons. The van der Waals surface area contributed by atoms with E-state index in [1.807, 2.05) is 37.6 Å². The lowest BCUT2D eigenvalue weighted by atomic mass is 9.99. The summed E-state index contributed by atoms with van der Waals surface area (Å²) in [6, 6.07) is 1.84. The van der Waals surface area contributed by atoms with E-state index in [4.69, 9.17) is 4.74 Å². The van der Waals surface area contributed by atoms with Gasteiger partial charge in [0.2, 0.25) is 0 Å². The van der Waals surface area contributed by atoms with Gasteiger partial charge >= 0.3 is 6.09 Å². The molecule has 0 aliphatic carbocycles. The molecule has 0 saturated carbocycles. The van der Waals surface area contributed by atoms with Crippen LogP contribution in [0.15, 0.2) is 16.8 Å². The molecule has 0 atom stereocenters. The highest BCUT2D eigenvalue weighted by Crippen LogP contribution is 2.15. The molecule has 78 valence electrons.